The van der Waals surface area contributed by atoms with Gasteiger partial charge < -0.3 is 21.1 Å². The number of carbonyl (C=O) groups is 2. The first kappa shape index (κ1) is 25.1. The van der Waals surface area contributed by atoms with Crippen LogP contribution in [-0.4, -0.2) is 49.2 Å². The number of ether oxygens (including phenoxy) is 1. The number of halogens is 2. The first-order valence-electron chi connectivity index (χ1n) is 11.3. The molecule has 0 radical (unpaired) electrons. The minimum absolute atomic E-state index is 0.222. The molecule has 1 aliphatic carbocycles. The molecule has 1 fully saturated rings. The van der Waals surface area contributed by atoms with Crippen molar-refractivity contribution in [2.75, 3.05) is 20.7 Å². The van der Waals surface area contributed by atoms with Crippen LogP contribution in [0.1, 0.15) is 47.7 Å². The van der Waals surface area contributed by atoms with Crippen LogP contribution in [0.4, 0.5) is 0 Å². The molecule has 1 atom stereocenters. The van der Waals surface area contributed by atoms with E-state index in [0.717, 1.165) is 16.7 Å². The summed E-state index contributed by atoms with van der Waals surface area (Å²) in [5.41, 5.74) is 15.6. The Kier molecular flexibility index (Phi) is 6.84. The third-order valence-electron chi connectivity index (χ3n) is 7.00. The van der Waals surface area contributed by atoms with Gasteiger partial charge in [0.1, 0.15) is 5.75 Å². The van der Waals surface area contributed by atoms with Crippen molar-refractivity contribution in [1.82, 2.24) is 4.90 Å². The Morgan fingerprint density at radius 3 is 2.51 bits per heavy atom. The van der Waals surface area contributed by atoms with Crippen molar-refractivity contribution < 1.29 is 14.3 Å². The zero-order valence-corrected chi connectivity index (χ0v) is 21.4. The number of nitrogens with two attached hydrogens (primary N) is 2. The van der Waals surface area contributed by atoms with Crippen LogP contribution < -0.4 is 16.2 Å². The number of nitrogens with zero attached hydrogens (tertiary/aromatic N) is 2. The van der Waals surface area contributed by atoms with Gasteiger partial charge in [-0.1, -0.05) is 29.3 Å². The molecular formula is C26H28Cl2N4O3. The fourth-order valence-corrected chi connectivity index (χ4v) is 5.27. The van der Waals surface area contributed by atoms with Crippen LogP contribution >= 0.6 is 23.2 Å². The van der Waals surface area contributed by atoms with Gasteiger partial charge in [-0.25, -0.2) is 0 Å². The highest BCUT2D eigenvalue weighted by molar-refractivity contribution is 6.35. The smallest absolute Gasteiger partial charge is 0.256 e. The largest absolute Gasteiger partial charge is 0.495 e. The fraction of sp³-hybridized carbons (Fsp3) is 0.346. The molecular weight excluding hydrogens is 487 g/mol. The number of rotatable bonds is 6. The van der Waals surface area contributed by atoms with E-state index >= 15 is 0 Å². The second-order valence-corrected chi connectivity index (χ2v) is 9.74. The van der Waals surface area contributed by atoms with Gasteiger partial charge in [-0.15, -0.1) is 0 Å². The Balaban J connectivity index is 1.67. The highest BCUT2D eigenvalue weighted by atomic mass is 35.5. The van der Waals surface area contributed by atoms with Crippen molar-refractivity contribution >= 4 is 40.7 Å². The number of amides is 2. The molecule has 7 nitrogen and oxygen atoms in total. The number of primary amides is 1. The third kappa shape index (κ3) is 4.39. The normalized spacial score (nSPS) is 19.5. The molecule has 0 saturated heterocycles. The maximum atomic E-state index is 13.3. The van der Waals surface area contributed by atoms with Crippen LogP contribution in [0.15, 0.2) is 52.7 Å². The van der Waals surface area contributed by atoms with Crippen molar-refractivity contribution in [3.8, 4) is 5.75 Å². The molecule has 35 heavy (non-hydrogen) atoms. The van der Waals surface area contributed by atoms with Crippen molar-refractivity contribution in [3.63, 3.8) is 0 Å². The van der Waals surface area contributed by atoms with E-state index < -0.39 is 5.41 Å². The first-order valence-corrected chi connectivity index (χ1v) is 12.1. The maximum Gasteiger partial charge on any atom is 0.256 e. The zero-order valence-electron chi connectivity index (χ0n) is 19.9. The minimum atomic E-state index is -0.669. The van der Waals surface area contributed by atoms with E-state index in [2.05, 4.69) is 4.99 Å². The Morgan fingerprint density at radius 2 is 1.91 bits per heavy atom. The Bertz CT molecular complexity index is 1270. The maximum absolute atomic E-state index is 13.3. The molecule has 184 valence electrons. The standard InChI is InChI=1S/C26H28Cl2N4O3/c1-14-22(29)19(7-10-32(14)24(33)18-5-4-6-20(35-3)21(18)28)23(31-2)15-11-16(13-17(27)12-15)26(8-9-26)25(30)34/h4-6,11-14H,7-10,29H2,1-3H3,(H2,30,34). The van der Waals surface area contributed by atoms with Gasteiger partial charge >= 0.3 is 0 Å². The first-order chi connectivity index (χ1) is 16.6. The molecule has 0 spiro atoms. The van der Waals surface area contributed by atoms with Gasteiger partial charge in [-0.05, 0) is 62.1 Å². The van der Waals surface area contributed by atoms with Crippen LogP contribution in [0.25, 0.3) is 0 Å². The van der Waals surface area contributed by atoms with Gasteiger partial charge in [0, 0.05) is 35.4 Å². The molecule has 1 unspecified atom stereocenters. The van der Waals surface area contributed by atoms with Crippen LogP contribution in [0.2, 0.25) is 10.0 Å². The molecule has 0 bridgehead atoms. The fourth-order valence-electron chi connectivity index (χ4n) is 4.75. The van der Waals surface area contributed by atoms with E-state index in [1.165, 1.54) is 7.11 Å². The van der Waals surface area contributed by atoms with Gasteiger partial charge in [0.05, 0.1) is 34.9 Å². The van der Waals surface area contributed by atoms with E-state index in [-0.39, 0.29) is 22.9 Å². The third-order valence-corrected chi connectivity index (χ3v) is 7.61. The summed E-state index contributed by atoms with van der Waals surface area (Å²) in [7, 11) is 3.20. The average Bonchev–Trinajstić information content (AvgIpc) is 3.64. The summed E-state index contributed by atoms with van der Waals surface area (Å²) in [6.45, 7) is 2.31. The lowest BCUT2D eigenvalue weighted by Gasteiger charge is -2.36. The van der Waals surface area contributed by atoms with E-state index in [1.807, 2.05) is 19.1 Å². The monoisotopic (exact) mass is 514 g/mol. The number of hydrogen-bond acceptors (Lipinski definition) is 5. The summed E-state index contributed by atoms with van der Waals surface area (Å²) in [4.78, 5) is 31.7. The summed E-state index contributed by atoms with van der Waals surface area (Å²) in [6, 6.07) is 10.2. The summed E-state index contributed by atoms with van der Waals surface area (Å²) < 4.78 is 5.25. The Hall–Kier alpha value is -3.03. The average molecular weight is 515 g/mol. The number of aliphatic imine (C=N–C) groups is 1. The summed E-state index contributed by atoms with van der Waals surface area (Å²) >= 11 is 12.8. The van der Waals surface area contributed by atoms with Gasteiger partial charge in [0.2, 0.25) is 5.91 Å². The molecule has 1 heterocycles. The number of benzene rings is 2. The minimum Gasteiger partial charge on any atom is -0.495 e. The van der Waals surface area contributed by atoms with Gasteiger partial charge in [0.25, 0.3) is 5.91 Å². The highest BCUT2D eigenvalue weighted by Gasteiger charge is 2.50. The van der Waals surface area contributed by atoms with Crippen molar-refractivity contribution in [2.24, 2.45) is 16.5 Å². The lowest BCUT2D eigenvalue weighted by atomic mass is 9.88. The molecule has 2 amide bonds. The second kappa shape index (κ2) is 9.55. The van der Waals surface area contributed by atoms with Crippen molar-refractivity contribution in [1.29, 1.82) is 0 Å². The topological polar surface area (TPSA) is 111 Å². The predicted octanol–water partition coefficient (Wildman–Crippen LogP) is 4.09. The Labute approximate surface area is 214 Å². The number of hydrogen-bond donors (Lipinski definition) is 2. The van der Waals surface area contributed by atoms with Crippen LogP contribution in [-0.2, 0) is 10.2 Å². The van der Waals surface area contributed by atoms with Gasteiger partial charge in [-0.3, -0.25) is 14.6 Å². The second-order valence-electron chi connectivity index (χ2n) is 8.93. The molecule has 9 heteroatoms. The Morgan fingerprint density at radius 1 is 1.20 bits per heavy atom. The molecule has 2 aromatic carbocycles. The highest BCUT2D eigenvalue weighted by Crippen LogP contribution is 2.49. The molecule has 4 rings (SSSR count). The van der Waals surface area contributed by atoms with E-state index in [4.69, 9.17) is 39.4 Å². The SMILES string of the molecule is CN=C(C1=C(N)C(C)N(C(=O)c2cccc(OC)c2Cl)CC1)c1cc(Cl)cc(C2(C(N)=O)CC2)c1. The molecule has 1 saturated carbocycles. The summed E-state index contributed by atoms with van der Waals surface area (Å²) in [6.07, 6.45) is 1.90. The lowest BCUT2D eigenvalue weighted by Crippen LogP contribution is -2.46. The molecule has 4 N–H and O–H groups in total. The summed E-state index contributed by atoms with van der Waals surface area (Å²) in [5, 5.41) is 0.768. The quantitative estimate of drug-likeness (QED) is 0.565. The number of carbonyl (C=O) groups excluding carboxylic acids is 2. The van der Waals surface area contributed by atoms with Crippen LogP contribution in [0, 0.1) is 0 Å². The zero-order chi connectivity index (χ0) is 25.5. The van der Waals surface area contributed by atoms with E-state index in [1.54, 1.807) is 36.2 Å². The predicted molar refractivity (Wildman–Crippen MR) is 138 cm³/mol. The van der Waals surface area contributed by atoms with Crippen molar-refractivity contribution in [3.05, 3.63) is 74.4 Å². The molecule has 2 aliphatic rings. The lowest BCUT2D eigenvalue weighted by molar-refractivity contribution is -0.120. The molecule has 0 aromatic heterocycles. The van der Waals surface area contributed by atoms with E-state index in [0.29, 0.717) is 53.6 Å². The molecule has 2 aromatic rings. The van der Waals surface area contributed by atoms with E-state index in [9.17, 15) is 9.59 Å². The van der Waals surface area contributed by atoms with Crippen LogP contribution in [0.5, 0.6) is 5.75 Å². The number of methoxy groups -OCH3 is 1. The van der Waals surface area contributed by atoms with Crippen molar-refractivity contribution in [2.45, 2.75) is 37.6 Å². The van der Waals surface area contributed by atoms with Gasteiger partial charge in [0.15, 0.2) is 0 Å². The summed E-state index contributed by atoms with van der Waals surface area (Å²) in [5.74, 6) is -0.135. The van der Waals surface area contributed by atoms with Gasteiger partial charge in [-0.2, -0.15) is 0 Å². The molecule has 1 aliphatic heterocycles. The van der Waals surface area contributed by atoms with Crippen LogP contribution in [0.3, 0.4) is 0 Å².